The number of amides is 2. The van der Waals surface area contributed by atoms with Crippen molar-refractivity contribution in [2.45, 2.75) is 44.2 Å². The minimum atomic E-state index is -0.799. The molecular weight excluding hydrogens is 375 g/mol. The molecule has 2 atom stereocenters. The van der Waals surface area contributed by atoms with E-state index in [0.717, 1.165) is 0 Å². The first-order valence-electron chi connectivity index (χ1n) is 9.01. The van der Waals surface area contributed by atoms with Crippen LogP contribution < -0.4 is 5.32 Å². The van der Waals surface area contributed by atoms with Crippen molar-refractivity contribution >= 4 is 29.4 Å². The highest BCUT2D eigenvalue weighted by atomic mass is 35.5. The van der Waals surface area contributed by atoms with Crippen molar-refractivity contribution in [1.82, 2.24) is 10.2 Å². The summed E-state index contributed by atoms with van der Waals surface area (Å²) in [4.78, 5) is 37.5. The van der Waals surface area contributed by atoms with Gasteiger partial charge in [-0.3, -0.25) is 14.4 Å². The van der Waals surface area contributed by atoms with Crippen molar-refractivity contribution in [3.8, 4) is 0 Å². The van der Waals surface area contributed by atoms with Crippen LogP contribution in [0.25, 0.3) is 0 Å². The third-order valence-electron chi connectivity index (χ3n) is 5.63. The van der Waals surface area contributed by atoms with Gasteiger partial charge < -0.3 is 15.3 Å². The Bertz CT molecular complexity index is 764. The summed E-state index contributed by atoms with van der Waals surface area (Å²) in [6, 6.07) is 3.66. The van der Waals surface area contributed by atoms with E-state index in [-0.39, 0.29) is 35.2 Å². The second-order valence-electron chi connectivity index (χ2n) is 7.33. The summed E-state index contributed by atoms with van der Waals surface area (Å²) in [5, 5.41) is 12.0. The second-order valence-corrected chi connectivity index (χ2v) is 7.74. The summed E-state index contributed by atoms with van der Waals surface area (Å²) < 4.78 is 13.9. The van der Waals surface area contributed by atoms with Crippen LogP contribution in [0.1, 0.15) is 43.7 Å². The van der Waals surface area contributed by atoms with Crippen molar-refractivity contribution in [1.29, 1.82) is 0 Å². The summed E-state index contributed by atoms with van der Waals surface area (Å²) in [5.41, 5.74) is 0.528. The molecular formula is C19H22ClFN2O4. The SMILES string of the molecule is CN1C(=O)CC(C(=O)NC2CCC(C(=O)O)CC2)C1c1ccc(Cl)c(F)c1. The molecule has 2 fully saturated rings. The summed E-state index contributed by atoms with van der Waals surface area (Å²) in [7, 11) is 1.60. The molecule has 1 aromatic carbocycles. The minimum absolute atomic E-state index is 0.0121. The lowest BCUT2D eigenvalue weighted by atomic mass is 9.85. The average Bonchev–Trinajstić information content (AvgIpc) is 2.93. The Morgan fingerprint density at radius 2 is 1.93 bits per heavy atom. The van der Waals surface area contributed by atoms with Gasteiger partial charge in [0.05, 0.1) is 22.9 Å². The quantitative estimate of drug-likeness (QED) is 0.819. The Labute approximate surface area is 161 Å². The van der Waals surface area contributed by atoms with E-state index in [1.54, 1.807) is 13.1 Å². The maximum Gasteiger partial charge on any atom is 0.306 e. The molecule has 3 rings (SSSR count). The molecule has 2 amide bonds. The highest BCUT2D eigenvalue weighted by molar-refractivity contribution is 6.30. The lowest BCUT2D eigenvalue weighted by Crippen LogP contribution is -2.43. The van der Waals surface area contributed by atoms with Gasteiger partial charge in [0, 0.05) is 19.5 Å². The Hall–Kier alpha value is -2.15. The third-order valence-corrected chi connectivity index (χ3v) is 5.94. The van der Waals surface area contributed by atoms with Gasteiger partial charge >= 0.3 is 5.97 Å². The molecule has 1 aliphatic heterocycles. The maximum atomic E-state index is 13.9. The van der Waals surface area contributed by atoms with E-state index in [1.165, 1.54) is 17.0 Å². The molecule has 27 heavy (non-hydrogen) atoms. The van der Waals surface area contributed by atoms with Gasteiger partial charge in [0.15, 0.2) is 0 Å². The standard InChI is InChI=1S/C19H22ClFN2O4/c1-23-16(24)9-13(17(23)11-4-7-14(20)15(21)8-11)18(25)22-12-5-2-10(3-6-12)19(26)27/h4,7-8,10,12-13,17H,2-3,5-6,9H2,1H3,(H,22,25)(H,26,27). The van der Waals surface area contributed by atoms with Crippen LogP contribution in [0.15, 0.2) is 18.2 Å². The smallest absolute Gasteiger partial charge is 0.306 e. The lowest BCUT2D eigenvalue weighted by molar-refractivity contribution is -0.143. The fourth-order valence-electron chi connectivity index (χ4n) is 4.05. The number of carboxylic acid groups (broad SMARTS) is 1. The zero-order valence-electron chi connectivity index (χ0n) is 15.0. The summed E-state index contributed by atoms with van der Waals surface area (Å²) in [6.45, 7) is 0. The first kappa shape index (κ1) is 19.6. The lowest BCUT2D eigenvalue weighted by Gasteiger charge is -2.30. The molecule has 1 saturated heterocycles. The maximum absolute atomic E-state index is 13.9. The molecule has 0 aromatic heterocycles. The number of rotatable bonds is 4. The van der Waals surface area contributed by atoms with Gasteiger partial charge in [-0.25, -0.2) is 4.39 Å². The van der Waals surface area contributed by atoms with Gasteiger partial charge in [-0.2, -0.15) is 0 Å². The third kappa shape index (κ3) is 4.08. The zero-order valence-corrected chi connectivity index (χ0v) is 15.7. The molecule has 0 spiro atoms. The molecule has 2 N–H and O–H groups in total. The van der Waals surface area contributed by atoms with E-state index >= 15 is 0 Å². The fourth-order valence-corrected chi connectivity index (χ4v) is 4.17. The number of halogens is 2. The number of carbonyl (C=O) groups excluding carboxylic acids is 2. The Balaban J connectivity index is 1.71. The van der Waals surface area contributed by atoms with Crippen molar-refractivity contribution in [2.24, 2.45) is 11.8 Å². The van der Waals surface area contributed by atoms with Crippen LogP contribution in [0.3, 0.4) is 0 Å². The van der Waals surface area contributed by atoms with Crippen molar-refractivity contribution < 1.29 is 23.9 Å². The first-order valence-corrected chi connectivity index (χ1v) is 9.39. The van der Waals surface area contributed by atoms with Gasteiger partial charge in [-0.1, -0.05) is 17.7 Å². The predicted molar refractivity (Wildman–Crippen MR) is 96.6 cm³/mol. The number of nitrogens with one attached hydrogen (secondary N) is 1. The number of likely N-dealkylation sites (tertiary alicyclic amines) is 1. The molecule has 146 valence electrons. The topological polar surface area (TPSA) is 86.7 Å². The van der Waals surface area contributed by atoms with E-state index in [0.29, 0.717) is 31.2 Å². The van der Waals surface area contributed by atoms with E-state index < -0.39 is 23.7 Å². The predicted octanol–water partition coefficient (Wildman–Crippen LogP) is 2.76. The highest BCUT2D eigenvalue weighted by Crippen LogP contribution is 2.38. The number of aliphatic carboxylic acids is 1. The number of carbonyl (C=O) groups is 3. The van der Waals surface area contributed by atoms with Gasteiger partial charge in [0.25, 0.3) is 0 Å². The minimum Gasteiger partial charge on any atom is -0.481 e. The summed E-state index contributed by atoms with van der Waals surface area (Å²) in [5.74, 6) is -2.81. The largest absolute Gasteiger partial charge is 0.481 e. The molecule has 1 saturated carbocycles. The Kier molecular flexibility index (Phi) is 5.69. The highest BCUT2D eigenvalue weighted by Gasteiger charge is 2.43. The first-order chi connectivity index (χ1) is 12.8. The average molecular weight is 397 g/mol. The number of carboxylic acids is 1. The van der Waals surface area contributed by atoms with Gasteiger partial charge in [-0.15, -0.1) is 0 Å². The van der Waals surface area contributed by atoms with Crippen LogP contribution in [-0.4, -0.2) is 40.9 Å². The molecule has 1 heterocycles. The number of hydrogen-bond donors (Lipinski definition) is 2. The van der Waals surface area contributed by atoms with E-state index in [9.17, 15) is 18.8 Å². The fraction of sp³-hybridized carbons (Fsp3) is 0.526. The van der Waals surface area contributed by atoms with E-state index in [1.807, 2.05) is 0 Å². The van der Waals surface area contributed by atoms with Gasteiger partial charge in [0.2, 0.25) is 11.8 Å². The zero-order chi connectivity index (χ0) is 19.7. The van der Waals surface area contributed by atoms with Crippen molar-refractivity contribution in [3.05, 3.63) is 34.6 Å². The van der Waals surface area contributed by atoms with Crippen LogP contribution in [0.4, 0.5) is 4.39 Å². The summed E-state index contributed by atoms with van der Waals surface area (Å²) >= 11 is 5.74. The van der Waals surface area contributed by atoms with Crippen LogP contribution >= 0.6 is 11.6 Å². The molecule has 1 aromatic rings. The van der Waals surface area contributed by atoms with Crippen molar-refractivity contribution in [2.75, 3.05) is 7.05 Å². The molecule has 2 aliphatic rings. The van der Waals surface area contributed by atoms with Crippen LogP contribution in [0, 0.1) is 17.7 Å². The Morgan fingerprint density at radius 3 is 2.52 bits per heavy atom. The van der Waals surface area contributed by atoms with Crippen LogP contribution in [0.2, 0.25) is 5.02 Å². The summed E-state index contributed by atoms with van der Waals surface area (Å²) in [6.07, 6.45) is 2.30. The van der Waals surface area contributed by atoms with Crippen LogP contribution in [-0.2, 0) is 14.4 Å². The molecule has 1 aliphatic carbocycles. The molecule has 6 nitrogen and oxygen atoms in total. The number of benzene rings is 1. The Morgan fingerprint density at radius 1 is 1.26 bits per heavy atom. The van der Waals surface area contributed by atoms with E-state index in [4.69, 9.17) is 16.7 Å². The normalized spacial score (nSPS) is 28.3. The van der Waals surface area contributed by atoms with E-state index in [2.05, 4.69) is 5.32 Å². The van der Waals surface area contributed by atoms with Gasteiger partial charge in [0.1, 0.15) is 5.82 Å². The molecule has 8 heteroatoms. The molecule has 0 bridgehead atoms. The molecule has 2 unspecified atom stereocenters. The monoisotopic (exact) mass is 396 g/mol. The van der Waals surface area contributed by atoms with Gasteiger partial charge in [-0.05, 0) is 43.4 Å². The van der Waals surface area contributed by atoms with Crippen LogP contribution in [0.5, 0.6) is 0 Å². The second kappa shape index (κ2) is 7.84. The molecule has 0 radical (unpaired) electrons. The number of nitrogens with zero attached hydrogens (tertiary/aromatic N) is 1. The number of hydrogen-bond acceptors (Lipinski definition) is 3. The van der Waals surface area contributed by atoms with Crippen molar-refractivity contribution in [3.63, 3.8) is 0 Å².